The number of carbonyl (C=O) groups excluding carboxylic acids is 1. The van der Waals surface area contributed by atoms with E-state index in [0.29, 0.717) is 6.54 Å². The van der Waals surface area contributed by atoms with Gasteiger partial charge in [0.15, 0.2) is 0 Å². The first-order valence-electron chi connectivity index (χ1n) is 4.91. The molecule has 0 aromatic carbocycles. The number of aryl methyl sites for hydroxylation is 1. The molecule has 0 aliphatic carbocycles. The molecule has 1 aromatic rings. The molecule has 82 valence electrons. The fourth-order valence-corrected chi connectivity index (χ4v) is 1.20. The Morgan fingerprint density at radius 1 is 1.67 bits per heavy atom. The van der Waals surface area contributed by atoms with Gasteiger partial charge in [-0.25, -0.2) is 13.9 Å². The van der Waals surface area contributed by atoms with Crippen LogP contribution in [0.5, 0.6) is 0 Å². The Labute approximate surface area is 89.4 Å². The minimum absolute atomic E-state index is 0.135. The number of nitrogens with zero attached hydrogens (tertiary/aromatic N) is 2. The molecule has 0 unspecified atom stereocenters. The maximum absolute atomic E-state index is 10.8. The number of carbonyl (C=O) groups is 1. The van der Waals surface area contributed by atoms with Gasteiger partial charge in [0.05, 0.1) is 12.7 Å². The highest BCUT2D eigenvalue weighted by molar-refractivity contribution is 5.73. The molecule has 0 radical (unpaired) electrons. The van der Waals surface area contributed by atoms with E-state index in [1.165, 1.54) is 0 Å². The van der Waals surface area contributed by atoms with Gasteiger partial charge in [-0.1, -0.05) is 6.58 Å². The fraction of sp³-hybridized carbons (Fsp3) is 0.400. The van der Waals surface area contributed by atoms with E-state index in [-0.39, 0.29) is 6.03 Å². The number of amides is 2. The van der Waals surface area contributed by atoms with Crippen molar-refractivity contribution in [1.29, 1.82) is 0 Å². The van der Waals surface area contributed by atoms with E-state index in [1.807, 2.05) is 27.9 Å². The molecular formula is C10H17N4O+. The van der Waals surface area contributed by atoms with Gasteiger partial charge >= 0.3 is 6.03 Å². The molecule has 0 spiro atoms. The third kappa shape index (κ3) is 3.84. The molecule has 5 nitrogen and oxygen atoms in total. The molecule has 0 aliphatic heterocycles. The highest BCUT2D eigenvalue weighted by Gasteiger charge is 2.00. The quantitative estimate of drug-likeness (QED) is 0.528. The first kappa shape index (κ1) is 11.3. The maximum atomic E-state index is 10.8. The van der Waals surface area contributed by atoms with Gasteiger partial charge in [0, 0.05) is 20.0 Å². The minimum Gasteiger partial charge on any atom is -0.341 e. The number of imidazole rings is 1. The molecule has 2 amide bonds. The summed E-state index contributed by atoms with van der Waals surface area (Å²) in [6.07, 6.45) is 8.49. The lowest BCUT2D eigenvalue weighted by Gasteiger charge is -2.01. The fourth-order valence-electron chi connectivity index (χ4n) is 1.20. The van der Waals surface area contributed by atoms with E-state index in [2.05, 4.69) is 17.2 Å². The Morgan fingerprint density at radius 3 is 3.07 bits per heavy atom. The van der Waals surface area contributed by atoms with Gasteiger partial charge in [-0.2, -0.15) is 0 Å². The van der Waals surface area contributed by atoms with E-state index >= 15 is 0 Å². The second-order valence-corrected chi connectivity index (χ2v) is 3.14. The molecule has 1 aromatic heterocycles. The van der Waals surface area contributed by atoms with Crippen molar-refractivity contribution in [2.45, 2.75) is 13.0 Å². The van der Waals surface area contributed by atoms with Crippen LogP contribution in [0.15, 0.2) is 25.3 Å². The summed E-state index contributed by atoms with van der Waals surface area (Å²) in [5.74, 6) is 0. The Balaban J connectivity index is 2.20. The smallest absolute Gasteiger partial charge is 0.314 e. The summed E-state index contributed by atoms with van der Waals surface area (Å²) in [4.78, 5) is 10.8. The molecule has 15 heavy (non-hydrogen) atoms. The topological polar surface area (TPSA) is 49.9 Å². The Kier molecular flexibility index (Phi) is 4.40. The summed E-state index contributed by atoms with van der Waals surface area (Å²) in [5.41, 5.74) is 0. The van der Waals surface area contributed by atoms with E-state index < -0.39 is 0 Å². The highest BCUT2D eigenvalue weighted by Crippen LogP contribution is 1.84. The Bertz CT molecular complexity index is 332. The van der Waals surface area contributed by atoms with E-state index in [0.717, 1.165) is 13.0 Å². The average molecular weight is 209 g/mol. The molecule has 0 atom stereocenters. The van der Waals surface area contributed by atoms with Gasteiger partial charge in [-0.3, -0.25) is 0 Å². The van der Waals surface area contributed by atoms with Crippen LogP contribution >= 0.6 is 0 Å². The lowest BCUT2D eigenvalue weighted by Crippen LogP contribution is -2.37. The summed E-state index contributed by atoms with van der Waals surface area (Å²) in [7, 11) is 1.61. The predicted molar refractivity (Wildman–Crippen MR) is 58.1 cm³/mol. The molecule has 1 heterocycles. The molecule has 2 N–H and O–H groups in total. The van der Waals surface area contributed by atoms with Crippen molar-refractivity contribution in [3.8, 4) is 0 Å². The maximum Gasteiger partial charge on any atom is 0.314 e. The summed E-state index contributed by atoms with van der Waals surface area (Å²) in [6, 6.07) is -0.135. The zero-order valence-corrected chi connectivity index (χ0v) is 8.94. The van der Waals surface area contributed by atoms with Crippen LogP contribution in [-0.4, -0.2) is 24.2 Å². The van der Waals surface area contributed by atoms with Crippen LogP contribution in [0.2, 0.25) is 0 Å². The zero-order chi connectivity index (χ0) is 11.1. The number of hydrogen-bond donors (Lipinski definition) is 2. The monoisotopic (exact) mass is 209 g/mol. The summed E-state index contributed by atoms with van der Waals surface area (Å²) in [6.45, 7) is 5.21. The normalized spacial score (nSPS) is 9.67. The van der Waals surface area contributed by atoms with Crippen LogP contribution in [0.3, 0.4) is 0 Å². The van der Waals surface area contributed by atoms with Crippen molar-refractivity contribution in [2.24, 2.45) is 0 Å². The third-order valence-corrected chi connectivity index (χ3v) is 2.03. The standard InChI is InChI=1S/C10H16N4O/c1-3-13-7-8-14(9-13)6-4-5-12-10(15)11-2/h3,7-9H,1,4-6H2,2H3,(H-,11,12,15)/p+1. The van der Waals surface area contributed by atoms with Crippen molar-refractivity contribution in [2.75, 3.05) is 13.6 Å². The van der Waals surface area contributed by atoms with E-state index in [1.54, 1.807) is 13.2 Å². The molecule has 0 fully saturated rings. The highest BCUT2D eigenvalue weighted by atomic mass is 16.2. The molecule has 0 saturated heterocycles. The lowest BCUT2D eigenvalue weighted by molar-refractivity contribution is -0.696. The molecule has 0 saturated carbocycles. The van der Waals surface area contributed by atoms with E-state index in [4.69, 9.17) is 0 Å². The molecular weight excluding hydrogens is 192 g/mol. The number of rotatable bonds is 5. The lowest BCUT2D eigenvalue weighted by atomic mass is 10.4. The van der Waals surface area contributed by atoms with Gasteiger partial charge in [-0.15, -0.1) is 0 Å². The molecule has 5 heteroatoms. The summed E-state index contributed by atoms with van der Waals surface area (Å²) >= 11 is 0. The minimum atomic E-state index is -0.135. The van der Waals surface area contributed by atoms with Crippen molar-refractivity contribution in [1.82, 2.24) is 15.2 Å². The second kappa shape index (κ2) is 5.85. The molecule has 0 aliphatic rings. The van der Waals surface area contributed by atoms with Crippen molar-refractivity contribution < 1.29 is 9.36 Å². The second-order valence-electron chi connectivity index (χ2n) is 3.14. The number of aromatic nitrogens is 2. The third-order valence-electron chi connectivity index (χ3n) is 2.03. The van der Waals surface area contributed by atoms with Crippen LogP contribution in [0.25, 0.3) is 6.20 Å². The SMILES string of the molecule is C=Cn1cc[n+](CCCNC(=O)NC)c1. The Hall–Kier alpha value is -1.78. The van der Waals surface area contributed by atoms with Crippen LogP contribution in [0.1, 0.15) is 6.42 Å². The zero-order valence-electron chi connectivity index (χ0n) is 8.94. The van der Waals surface area contributed by atoms with Crippen LogP contribution < -0.4 is 15.2 Å². The van der Waals surface area contributed by atoms with Crippen LogP contribution in [0, 0.1) is 0 Å². The van der Waals surface area contributed by atoms with Gasteiger partial charge in [0.25, 0.3) is 0 Å². The van der Waals surface area contributed by atoms with Crippen molar-refractivity contribution >= 4 is 12.2 Å². The van der Waals surface area contributed by atoms with Gasteiger partial charge in [0.1, 0.15) is 12.4 Å². The molecule has 0 bridgehead atoms. The average Bonchev–Trinajstić information content (AvgIpc) is 2.72. The van der Waals surface area contributed by atoms with E-state index in [9.17, 15) is 4.79 Å². The number of urea groups is 1. The Morgan fingerprint density at radius 2 is 2.47 bits per heavy atom. The number of hydrogen-bond acceptors (Lipinski definition) is 1. The summed E-state index contributed by atoms with van der Waals surface area (Å²) in [5, 5.41) is 5.24. The molecule has 1 rings (SSSR count). The largest absolute Gasteiger partial charge is 0.341 e. The van der Waals surface area contributed by atoms with Gasteiger partial charge in [0.2, 0.25) is 6.33 Å². The van der Waals surface area contributed by atoms with Crippen LogP contribution in [0.4, 0.5) is 4.79 Å². The van der Waals surface area contributed by atoms with Crippen molar-refractivity contribution in [3.05, 3.63) is 25.3 Å². The number of nitrogens with one attached hydrogen (secondary N) is 2. The van der Waals surface area contributed by atoms with Gasteiger partial charge in [-0.05, 0) is 0 Å². The first-order valence-corrected chi connectivity index (χ1v) is 4.91. The van der Waals surface area contributed by atoms with Crippen molar-refractivity contribution in [3.63, 3.8) is 0 Å². The first-order chi connectivity index (χ1) is 7.26. The summed E-state index contributed by atoms with van der Waals surface area (Å²) < 4.78 is 3.93. The predicted octanol–water partition coefficient (Wildman–Crippen LogP) is 0.195. The van der Waals surface area contributed by atoms with Crippen LogP contribution in [-0.2, 0) is 6.54 Å². The van der Waals surface area contributed by atoms with Gasteiger partial charge < -0.3 is 10.6 Å².